The summed E-state index contributed by atoms with van der Waals surface area (Å²) in [6.45, 7) is 6.79. The molecule has 2 aromatic carbocycles. The molecule has 5 heteroatoms. The Morgan fingerprint density at radius 1 is 1.04 bits per heavy atom. The van der Waals surface area contributed by atoms with E-state index in [4.69, 9.17) is 0 Å². The third-order valence-corrected chi connectivity index (χ3v) is 4.43. The maximum atomic E-state index is 3.33. The Kier molecular flexibility index (Phi) is 13.8. The molecule has 0 N–H and O–H groups in total. The van der Waals surface area contributed by atoms with Crippen LogP contribution in [0.3, 0.4) is 0 Å². The van der Waals surface area contributed by atoms with Crippen molar-refractivity contribution < 1.29 is 48.1 Å². The van der Waals surface area contributed by atoms with Gasteiger partial charge in [0.25, 0.3) is 0 Å². The molecule has 1 aliphatic carbocycles. The molecule has 1 heterocycles. The van der Waals surface area contributed by atoms with Gasteiger partial charge >= 0.3 is 41.9 Å². The topological polar surface area (TPSA) is 0 Å². The van der Waals surface area contributed by atoms with Crippen molar-refractivity contribution in [3.05, 3.63) is 94.4 Å². The largest absolute Gasteiger partial charge is 1.00 e. The Balaban J connectivity index is 0.000000480. The molecule has 1 aliphatic heterocycles. The van der Waals surface area contributed by atoms with Crippen molar-refractivity contribution in [2.24, 2.45) is 0 Å². The number of thioether (sulfide) groups is 1. The molecule has 26 heavy (non-hydrogen) atoms. The van der Waals surface area contributed by atoms with Gasteiger partial charge in [0.05, 0.1) is 0 Å². The summed E-state index contributed by atoms with van der Waals surface area (Å²) in [6.07, 6.45) is 5.42. The first-order valence-corrected chi connectivity index (χ1v) is 15.2. The minimum Gasteiger partial charge on any atom is -1.00 e. The van der Waals surface area contributed by atoms with Crippen LogP contribution in [0.15, 0.2) is 82.8 Å². The fraction of sp³-hybridized carbons (Fsp3) is 0.190. The van der Waals surface area contributed by atoms with Crippen LogP contribution < -0.4 is 24.8 Å². The van der Waals surface area contributed by atoms with E-state index >= 15 is 0 Å². The first-order valence-electron chi connectivity index (χ1n) is 8.00. The number of benzene rings is 1. The summed E-state index contributed by atoms with van der Waals surface area (Å²) in [5.41, 5.74) is 5.81. The number of allylic oxidation sites excluding steroid dienone is 4. The van der Waals surface area contributed by atoms with E-state index in [1.54, 1.807) is 23.3 Å². The van der Waals surface area contributed by atoms with Gasteiger partial charge in [-0.25, -0.2) is 12.1 Å². The third kappa shape index (κ3) is 8.23. The van der Waals surface area contributed by atoms with E-state index in [1.807, 2.05) is 42.1 Å². The summed E-state index contributed by atoms with van der Waals surface area (Å²) in [6, 6.07) is 20.7. The van der Waals surface area contributed by atoms with Crippen LogP contribution in [0.1, 0.15) is 12.5 Å². The first-order chi connectivity index (χ1) is 11.6. The van der Waals surface area contributed by atoms with Crippen molar-refractivity contribution in [3.63, 3.8) is 0 Å². The van der Waals surface area contributed by atoms with E-state index in [0.717, 1.165) is 5.75 Å². The van der Waals surface area contributed by atoms with E-state index in [9.17, 15) is 0 Å². The Bertz CT molecular complexity index is 741. The summed E-state index contributed by atoms with van der Waals surface area (Å²) in [7, 11) is 0. The van der Waals surface area contributed by atoms with Crippen LogP contribution >= 0.6 is 11.8 Å². The van der Waals surface area contributed by atoms with Crippen molar-refractivity contribution in [3.8, 4) is 0 Å². The van der Waals surface area contributed by atoms with Gasteiger partial charge in [0, 0.05) is 5.75 Å². The summed E-state index contributed by atoms with van der Waals surface area (Å²) in [5.74, 6) is 1.09. The first kappa shape index (κ1) is 25.8. The number of hydrogen-bond donors (Lipinski definition) is 0. The van der Waals surface area contributed by atoms with Crippen LogP contribution in [-0.4, -0.2) is 11.2 Å². The van der Waals surface area contributed by atoms with Gasteiger partial charge in [-0.05, 0) is 5.56 Å². The van der Waals surface area contributed by atoms with E-state index < -0.39 is 0 Å². The molecule has 0 saturated heterocycles. The number of fused-ring (bicyclic) bond motifs is 1. The van der Waals surface area contributed by atoms with Crippen molar-refractivity contribution >= 4 is 22.8 Å². The summed E-state index contributed by atoms with van der Waals surface area (Å²) in [5, 5.41) is 0. The Hall–Kier alpha value is -0.180. The van der Waals surface area contributed by atoms with Gasteiger partial charge in [0.15, 0.2) is 0 Å². The van der Waals surface area contributed by atoms with Crippen molar-refractivity contribution in [2.45, 2.75) is 20.0 Å². The maximum absolute atomic E-state index is 3.33. The van der Waals surface area contributed by atoms with Crippen LogP contribution in [0.4, 0.5) is 0 Å². The average Bonchev–Trinajstić information content (AvgIpc) is 3.29. The smallest absolute Gasteiger partial charge is 0.172 e. The zero-order valence-corrected chi connectivity index (χ0v) is 21.0. The Labute approximate surface area is 189 Å². The molecule has 0 saturated carbocycles. The molecular weight excluding hydrogens is 475 g/mol. The Morgan fingerprint density at radius 2 is 1.62 bits per heavy atom. The van der Waals surface area contributed by atoms with Crippen molar-refractivity contribution in [2.75, 3.05) is 5.75 Å². The summed E-state index contributed by atoms with van der Waals surface area (Å²) >= 11 is 3.64. The zero-order valence-electron chi connectivity index (χ0n) is 15.2. The molecule has 0 radical (unpaired) electrons. The molecule has 0 nitrogen and oxygen atoms in total. The van der Waals surface area contributed by atoms with E-state index in [-0.39, 0.29) is 30.2 Å². The second-order valence-corrected chi connectivity index (χ2v) is 16.1. The van der Waals surface area contributed by atoms with E-state index in [1.165, 1.54) is 27.2 Å². The van der Waals surface area contributed by atoms with E-state index in [2.05, 4.69) is 62.5 Å². The molecule has 0 spiro atoms. The van der Waals surface area contributed by atoms with Gasteiger partial charge in [-0.15, -0.1) is 16.7 Å². The Morgan fingerprint density at radius 3 is 2.12 bits per heavy atom. The van der Waals surface area contributed by atoms with Crippen LogP contribution in [0.25, 0.3) is 5.57 Å². The van der Waals surface area contributed by atoms with Crippen molar-refractivity contribution in [1.82, 2.24) is 0 Å². The maximum Gasteiger partial charge on any atom is -0.172 e. The molecule has 2 aliphatic rings. The molecule has 0 bridgehead atoms. The predicted octanol–water partition coefficient (Wildman–Crippen LogP) is 0.0318. The number of rotatable bonds is 1. The van der Waals surface area contributed by atoms with Gasteiger partial charge in [-0.2, -0.15) is 41.5 Å². The molecule has 0 unspecified atom stereocenters. The number of hydrogen-bond acceptors (Lipinski definition) is 1. The normalized spacial score (nSPS) is 13.6. The van der Waals surface area contributed by atoms with Gasteiger partial charge in [0.2, 0.25) is 0 Å². The van der Waals surface area contributed by atoms with Crippen LogP contribution in [0.2, 0.25) is 13.1 Å². The minimum absolute atomic E-state index is 0. The van der Waals surface area contributed by atoms with Gasteiger partial charge < -0.3 is 24.8 Å². The second-order valence-electron chi connectivity index (χ2n) is 5.77. The second kappa shape index (κ2) is 13.9. The number of halogens is 2. The van der Waals surface area contributed by atoms with Gasteiger partial charge in [0.1, 0.15) is 0 Å². The van der Waals surface area contributed by atoms with Gasteiger partial charge in [-0.3, -0.25) is 0 Å². The molecular formula is C21H22Cl2SSiZr-2. The fourth-order valence-electron chi connectivity index (χ4n) is 2.39. The van der Waals surface area contributed by atoms with Crippen LogP contribution in [0.5, 0.6) is 0 Å². The molecule has 136 valence electrons. The van der Waals surface area contributed by atoms with Crippen LogP contribution in [-0.2, 0) is 23.3 Å². The summed E-state index contributed by atoms with van der Waals surface area (Å²) < 4.78 is 0. The van der Waals surface area contributed by atoms with Crippen molar-refractivity contribution in [1.29, 1.82) is 0 Å². The monoisotopic (exact) mass is 494 g/mol. The molecule has 2 aromatic rings. The van der Waals surface area contributed by atoms with Gasteiger partial charge in [-0.1, -0.05) is 42.8 Å². The molecule has 4 rings (SSSR count). The quantitative estimate of drug-likeness (QED) is 0.397. The SMILES string of the molecule is CC1=C[C-]=C2SCC(c3ccccc3)=C21.C[Si](C)=[Zr+2].[Cl-].[Cl-].c1cc[cH-]c1. The third-order valence-electron chi connectivity index (χ3n) is 3.38. The summed E-state index contributed by atoms with van der Waals surface area (Å²) in [4.78, 5) is 1.33. The predicted molar refractivity (Wildman–Crippen MR) is 106 cm³/mol. The average molecular weight is 497 g/mol. The molecule has 0 atom stereocenters. The fourth-order valence-corrected chi connectivity index (χ4v) is 3.56. The minimum atomic E-state index is 0. The van der Waals surface area contributed by atoms with E-state index in [0.29, 0.717) is 0 Å². The van der Waals surface area contributed by atoms with Crippen LogP contribution in [0, 0.1) is 6.08 Å². The molecule has 0 fully saturated rings. The zero-order chi connectivity index (χ0) is 17.4. The standard InChI is InChI=1S/C14H11S.C5H5.C2H6Si.2ClH.Zr/c1-10-7-8-13-14(10)12(9-15-13)11-5-3-2-4-6-11;1-2-4-5-3-1;1-3-2;;;/h2-7H,9H2,1H3;1-5H;1-2H3;2*1H;/q2*-1;;;;+2/p-2. The molecule has 0 aromatic heterocycles. The molecule has 0 amide bonds.